The fraction of sp³-hybridized carbons (Fsp3) is 0.429. The van der Waals surface area contributed by atoms with Crippen LogP contribution in [0.25, 0.3) is 10.9 Å². The number of hydrogen-bond acceptors (Lipinski definition) is 5. The topological polar surface area (TPSA) is 75.2 Å². The quantitative estimate of drug-likeness (QED) is 0.928. The number of nitrogens with one attached hydrogen (secondary N) is 1. The number of rotatable bonds is 3. The van der Waals surface area contributed by atoms with Crippen molar-refractivity contribution in [3.8, 4) is 0 Å². The van der Waals surface area contributed by atoms with E-state index in [-0.39, 0.29) is 11.9 Å². The van der Waals surface area contributed by atoms with Gasteiger partial charge in [0.2, 0.25) is 10.0 Å². The Balaban J connectivity index is 1.85. The van der Waals surface area contributed by atoms with Gasteiger partial charge in [-0.2, -0.15) is 0 Å². The van der Waals surface area contributed by atoms with Gasteiger partial charge in [-0.1, -0.05) is 0 Å². The summed E-state index contributed by atoms with van der Waals surface area (Å²) < 4.78 is 38.2. The molecule has 0 saturated carbocycles. The summed E-state index contributed by atoms with van der Waals surface area (Å²) in [6, 6.07) is 4.28. The first kappa shape index (κ1) is 15.1. The van der Waals surface area contributed by atoms with Gasteiger partial charge in [0.05, 0.1) is 11.8 Å². The number of benzene rings is 1. The number of anilines is 1. The Labute approximate surface area is 128 Å². The van der Waals surface area contributed by atoms with Crippen molar-refractivity contribution in [2.45, 2.75) is 18.9 Å². The SMILES string of the molecule is CS(=O)(=O)N1CCCC(Nc2ncnc3ccc(F)cc23)C1. The molecule has 0 aliphatic carbocycles. The molecular weight excluding hydrogens is 307 g/mol. The zero-order chi connectivity index (χ0) is 15.7. The first-order valence-electron chi connectivity index (χ1n) is 7.05. The van der Waals surface area contributed by atoms with Gasteiger partial charge in [-0.15, -0.1) is 0 Å². The van der Waals surface area contributed by atoms with Crippen molar-refractivity contribution < 1.29 is 12.8 Å². The summed E-state index contributed by atoms with van der Waals surface area (Å²) in [4.78, 5) is 8.28. The van der Waals surface area contributed by atoms with Crippen molar-refractivity contribution in [1.29, 1.82) is 0 Å². The smallest absolute Gasteiger partial charge is 0.211 e. The number of nitrogens with zero attached hydrogens (tertiary/aromatic N) is 3. The van der Waals surface area contributed by atoms with E-state index >= 15 is 0 Å². The van der Waals surface area contributed by atoms with Crippen LogP contribution in [0.1, 0.15) is 12.8 Å². The summed E-state index contributed by atoms with van der Waals surface area (Å²) in [7, 11) is -3.20. The molecule has 22 heavy (non-hydrogen) atoms. The van der Waals surface area contributed by atoms with Gasteiger partial charge in [0, 0.05) is 24.5 Å². The molecule has 1 N–H and O–H groups in total. The second kappa shape index (κ2) is 5.77. The van der Waals surface area contributed by atoms with E-state index in [2.05, 4.69) is 15.3 Å². The lowest BCUT2D eigenvalue weighted by Gasteiger charge is -2.31. The predicted octanol–water partition coefficient (Wildman–Crippen LogP) is 1.60. The van der Waals surface area contributed by atoms with Gasteiger partial charge in [-0.3, -0.25) is 0 Å². The van der Waals surface area contributed by atoms with E-state index in [0.717, 1.165) is 12.8 Å². The molecule has 1 aromatic heterocycles. The number of piperidine rings is 1. The standard InChI is InChI=1S/C14H17FN4O2S/c1-22(20,21)19-6-2-3-11(8-19)18-14-12-7-10(15)4-5-13(12)16-9-17-14/h4-5,7,9,11H,2-3,6,8H2,1H3,(H,16,17,18). The van der Waals surface area contributed by atoms with Gasteiger partial charge >= 0.3 is 0 Å². The maximum Gasteiger partial charge on any atom is 0.211 e. The largest absolute Gasteiger partial charge is 0.365 e. The number of aromatic nitrogens is 2. The average molecular weight is 324 g/mol. The summed E-state index contributed by atoms with van der Waals surface area (Å²) in [5, 5.41) is 3.83. The minimum Gasteiger partial charge on any atom is -0.365 e. The number of sulfonamides is 1. The van der Waals surface area contributed by atoms with Crippen LogP contribution >= 0.6 is 0 Å². The van der Waals surface area contributed by atoms with Crippen LogP contribution in [0.15, 0.2) is 24.5 Å². The van der Waals surface area contributed by atoms with Crippen LogP contribution in [0.3, 0.4) is 0 Å². The molecule has 8 heteroatoms. The van der Waals surface area contributed by atoms with Crippen LogP contribution in [0.5, 0.6) is 0 Å². The van der Waals surface area contributed by atoms with Crippen molar-refractivity contribution in [1.82, 2.24) is 14.3 Å². The van der Waals surface area contributed by atoms with Crippen LogP contribution in [0.4, 0.5) is 10.2 Å². The average Bonchev–Trinajstić information content (AvgIpc) is 2.47. The lowest BCUT2D eigenvalue weighted by molar-refractivity contribution is 0.329. The Bertz CT molecular complexity index is 797. The molecule has 118 valence electrons. The van der Waals surface area contributed by atoms with Crippen LogP contribution in [0, 0.1) is 5.82 Å². The van der Waals surface area contributed by atoms with Crippen LogP contribution < -0.4 is 5.32 Å². The number of hydrogen-bond donors (Lipinski definition) is 1. The molecular formula is C14H17FN4O2S. The van der Waals surface area contributed by atoms with Gasteiger partial charge in [0.15, 0.2) is 0 Å². The van der Waals surface area contributed by atoms with Gasteiger partial charge in [0.1, 0.15) is 18.0 Å². The van der Waals surface area contributed by atoms with Crippen LogP contribution in [-0.4, -0.2) is 48.1 Å². The van der Waals surface area contributed by atoms with Gasteiger partial charge in [-0.25, -0.2) is 27.1 Å². The second-order valence-corrected chi connectivity index (χ2v) is 7.47. The molecule has 1 aromatic carbocycles. The van der Waals surface area contributed by atoms with E-state index in [4.69, 9.17) is 0 Å². The molecule has 0 spiro atoms. The first-order valence-corrected chi connectivity index (χ1v) is 8.90. The maximum atomic E-state index is 13.4. The fourth-order valence-corrected chi connectivity index (χ4v) is 3.61. The number of fused-ring (bicyclic) bond motifs is 1. The third kappa shape index (κ3) is 3.17. The predicted molar refractivity (Wildman–Crippen MR) is 82.6 cm³/mol. The Morgan fingerprint density at radius 3 is 2.95 bits per heavy atom. The summed E-state index contributed by atoms with van der Waals surface area (Å²) in [5.41, 5.74) is 0.648. The molecule has 1 aliphatic rings. The Morgan fingerprint density at radius 2 is 2.18 bits per heavy atom. The van der Waals surface area contributed by atoms with E-state index < -0.39 is 10.0 Å². The van der Waals surface area contributed by atoms with Gasteiger partial charge in [0.25, 0.3) is 0 Å². The highest BCUT2D eigenvalue weighted by molar-refractivity contribution is 7.88. The van der Waals surface area contributed by atoms with Crippen molar-refractivity contribution in [3.05, 3.63) is 30.3 Å². The third-order valence-electron chi connectivity index (χ3n) is 3.79. The summed E-state index contributed by atoms with van der Waals surface area (Å²) in [5.74, 6) is 0.177. The zero-order valence-electron chi connectivity index (χ0n) is 12.2. The highest BCUT2D eigenvalue weighted by Gasteiger charge is 2.26. The van der Waals surface area contributed by atoms with E-state index in [1.165, 1.54) is 29.0 Å². The molecule has 1 unspecified atom stereocenters. The van der Waals surface area contributed by atoms with E-state index in [9.17, 15) is 12.8 Å². The van der Waals surface area contributed by atoms with Gasteiger partial charge < -0.3 is 5.32 Å². The number of halogens is 1. The maximum absolute atomic E-state index is 13.4. The minimum atomic E-state index is -3.20. The molecule has 0 radical (unpaired) electrons. The van der Waals surface area contributed by atoms with Gasteiger partial charge in [-0.05, 0) is 31.0 Å². The molecule has 2 heterocycles. The van der Waals surface area contributed by atoms with E-state index in [0.29, 0.717) is 29.8 Å². The summed E-state index contributed by atoms with van der Waals surface area (Å²) >= 11 is 0. The highest BCUT2D eigenvalue weighted by atomic mass is 32.2. The van der Waals surface area contributed by atoms with Crippen LogP contribution in [0.2, 0.25) is 0 Å². The normalized spacial score (nSPS) is 20.2. The molecule has 1 atom stereocenters. The molecule has 6 nitrogen and oxygen atoms in total. The Kier molecular flexibility index (Phi) is 3.96. The van der Waals surface area contributed by atoms with Crippen molar-refractivity contribution in [2.24, 2.45) is 0 Å². The second-order valence-electron chi connectivity index (χ2n) is 5.49. The lowest BCUT2D eigenvalue weighted by Crippen LogP contribution is -2.44. The Morgan fingerprint density at radius 1 is 1.36 bits per heavy atom. The molecule has 2 aromatic rings. The van der Waals surface area contributed by atoms with E-state index in [1.54, 1.807) is 6.07 Å². The third-order valence-corrected chi connectivity index (χ3v) is 5.06. The zero-order valence-corrected chi connectivity index (χ0v) is 13.0. The molecule has 1 fully saturated rings. The monoisotopic (exact) mass is 324 g/mol. The minimum absolute atomic E-state index is 0.0511. The summed E-state index contributed by atoms with van der Waals surface area (Å²) in [6.07, 6.45) is 4.25. The molecule has 0 bridgehead atoms. The van der Waals surface area contributed by atoms with Crippen LogP contribution in [-0.2, 0) is 10.0 Å². The first-order chi connectivity index (χ1) is 10.4. The van der Waals surface area contributed by atoms with Crippen molar-refractivity contribution in [3.63, 3.8) is 0 Å². The fourth-order valence-electron chi connectivity index (χ4n) is 2.70. The molecule has 3 rings (SSSR count). The molecule has 1 saturated heterocycles. The lowest BCUT2D eigenvalue weighted by atomic mass is 10.1. The van der Waals surface area contributed by atoms with Crippen molar-refractivity contribution >= 4 is 26.7 Å². The Hall–Kier alpha value is -1.80. The molecule has 1 aliphatic heterocycles. The van der Waals surface area contributed by atoms with Crippen molar-refractivity contribution in [2.75, 3.05) is 24.7 Å². The highest BCUT2D eigenvalue weighted by Crippen LogP contribution is 2.23. The summed E-state index contributed by atoms with van der Waals surface area (Å²) in [6.45, 7) is 0.926. The van der Waals surface area contributed by atoms with E-state index in [1.807, 2.05) is 0 Å². The molecule has 0 amide bonds.